The Morgan fingerprint density at radius 1 is 1.15 bits per heavy atom. The van der Waals surface area contributed by atoms with Gasteiger partial charge in [0.2, 0.25) is 0 Å². The monoisotopic (exact) mass is 381 g/mol. The molecule has 1 aliphatic rings. The molecule has 0 aliphatic carbocycles. The van der Waals surface area contributed by atoms with Gasteiger partial charge in [-0.1, -0.05) is 13.0 Å². The smallest absolute Gasteiger partial charge is 0.128 e. The van der Waals surface area contributed by atoms with E-state index in [1.807, 2.05) is 29.9 Å². The van der Waals surface area contributed by atoms with Crippen LogP contribution in [-0.2, 0) is 6.54 Å². The number of anilines is 1. The van der Waals surface area contributed by atoms with Gasteiger partial charge in [0, 0.05) is 62.2 Å². The summed E-state index contributed by atoms with van der Waals surface area (Å²) >= 11 is 1.81. The van der Waals surface area contributed by atoms with Crippen LogP contribution in [0.25, 0.3) is 10.1 Å². The van der Waals surface area contributed by atoms with Crippen LogP contribution in [0.3, 0.4) is 0 Å². The SMILES string of the molecule is CCN1CCN(c2ccc(CN[C@@H](C)c3cc4ccncc4s3)cn2)CC1. The summed E-state index contributed by atoms with van der Waals surface area (Å²) in [6, 6.07) is 9.00. The van der Waals surface area contributed by atoms with Gasteiger partial charge in [0.1, 0.15) is 5.82 Å². The second-order valence-electron chi connectivity index (χ2n) is 7.11. The predicted octanol–water partition coefficient (Wildman–Crippen LogP) is 3.68. The predicted molar refractivity (Wildman–Crippen MR) is 113 cm³/mol. The van der Waals surface area contributed by atoms with Crippen LogP contribution in [0.2, 0.25) is 0 Å². The highest BCUT2D eigenvalue weighted by Crippen LogP contribution is 2.29. The van der Waals surface area contributed by atoms with Crippen LogP contribution in [0.15, 0.2) is 42.9 Å². The highest BCUT2D eigenvalue weighted by Gasteiger charge is 2.16. The third-order valence-corrected chi connectivity index (χ3v) is 6.60. The molecule has 4 heterocycles. The number of likely N-dealkylation sites (N-methyl/N-ethyl adjacent to an activating group) is 1. The van der Waals surface area contributed by atoms with E-state index in [1.165, 1.54) is 20.5 Å². The Hall–Kier alpha value is -2.02. The number of fused-ring (bicyclic) bond motifs is 1. The maximum Gasteiger partial charge on any atom is 0.128 e. The van der Waals surface area contributed by atoms with Gasteiger partial charge in [0.15, 0.2) is 0 Å². The van der Waals surface area contributed by atoms with Crippen molar-refractivity contribution in [3.63, 3.8) is 0 Å². The summed E-state index contributed by atoms with van der Waals surface area (Å²) in [6.45, 7) is 10.8. The molecule has 27 heavy (non-hydrogen) atoms. The number of rotatable bonds is 6. The topological polar surface area (TPSA) is 44.3 Å². The molecule has 1 saturated heterocycles. The van der Waals surface area contributed by atoms with E-state index in [0.29, 0.717) is 6.04 Å². The Morgan fingerprint density at radius 3 is 2.70 bits per heavy atom. The summed E-state index contributed by atoms with van der Waals surface area (Å²) in [4.78, 5) is 15.1. The van der Waals surface area contributed by atoms with Crippen LogP contribution in [0.4, 0.5) is 5.82 Å². The van der Waals surface area contributed by atoms with E-state index >= 15 is 0 Å². The molecule has 1 fully saturated rings. The number of aromatic nitrogens is 2. The Balaban J connectivity index is 1.33. The van der Waals surface area contributed by atoms with Gasteiger partial charge < -0.3 is 15.1 Å². The molecule has 1 atom stereocenters. The van der Waals surface area contributed by atoms with Crippen molar-refractivity contribution in [3.05, 3.63) is 53.3 Å². The van der Waals surface area contributed by atoms with Gasteiger partial charge in [0.25, 0.3) is 0 Å². The highest BCUT2D eigenvalue weighted by molar-refractivity contribution is 7.19. The molecule has 0 aromatic carbocycles. The van der Waals surface area contributed by atoms with Crippen LogP contribution in [0, 0.1) is 0 Å². The van der Waals surface area contributed by atoms with Gasteiger partial charge in [-0.15, -0.1) is 11.3 Å². The average Bonchev–Trinajstić information content (AvgIpc) is 3.17. The Bertz CT molecular complexity index is 835. The van der Waals surface area contributed by atoms with Crippen LogP contribution in [0.1, 0.15) is 30.3 Å². The molecular weight excluding hydrogens is 354 g/mol. The van der Waals surface area contributed by atoms with E-state index in [0.717, 1.165) is 45.1 Å². The molecule has 3 aromatic heterocycles. The first-order valence-electron chi connectivity index (χ1n) is 9.72. The summed E-state index contributed by atoms with van der Waals surface area (Å²) in [5.41, 5.74) is 1.22. The Kier molecular flexibility index (Phi) is 5.66. The van der Waals surface area contributed by atoms with E-state index < -0.39 is 0 Å². The summed E-state index contributed by atoms with van der Waals surface area (Å²) in [6.07, 6.45) is 5.81. The molecule has 3 aromatic rings. The van der Waals surface area contributed by atoms with E-state index in [2.05, 4.69) is 58.2 Å². The molecule has 1 aliphatic heterocycles. The van der Waals surface area contributed by atoms with Gasteiger partial charge in [-0.25, -0.2) is 4.98 Å². The first-order chi connectivity index (χ1) is 13.2. The summed E-state index contributed by atoms with van der Waals surface area (Å²) in [5.74, 6) is 1.10. The molecule has 0 amide bonds. The summed E-state index contributed by atoms with van der Waals surface area (Å²) in [5, 5.41) is 4.89. The largest absolute Gasteiger partial charge is 0.354 e. The van der Waals surface area contributed by atoms with Gasteiger partial charge in [-0.2, -0.15) is 0 Å². The van der Waals surface area contributed by atoms with Crippen molar-refractivity contribution >= 4 is 27.2 Å². The molecular formula is C21H27N5S. The lowest BCUT2D eigenvalue weighted by Gasteiger charge is -2.34. The lowest BCUT2D eigenvalue weighted by atomic mass is 10.2. The zero-order valence-electron chi connectivity index (χ0n) is 16.1. The molecule has 0 saturated carbocycles. The first kappa shape index (κ1) is 18.3. The first-order valence-corrected chi connectivity index (χ1v) is 10.5. The van der Waals surface area contributed by atoms with E-state index in [4.69, 9.17) is 4.98 Å². The lowest BCUT2D eigenvalue weighted by molar-refractivity contribution is 0.270. The van der Waals surface area contributed by atoms with Crippen molar-refractivity contribution in [1.29, 1.82) is 0 Å². The van der Waals surface area contributed by atoms with Gasteiger partial charge in [0.05, 0.1) is 4.70 Å². The third kappa shape index (κ3) is 4.29. The van der Waals surface area contributed by atoms with Crippen molar-refractivity contribution in [1.82, 2.24) is 20.2 Å². The molecule has 142 valence electrons. The number of pyridine rings is 2. The summed E-state index contributed by atoms with van der Waals surface area (Å²) in [7, 11) is 0. The quantitative estimate of drug-likeness (QED) is 0.706. The van der Waals surface area contributed by atoms with Crippen molar-refractivity contribution in [2.24, 2.45) is 0 Å². The zero-order chi connectivity index (χ0) is 18.6. The fraction of sp³-hybridized carbons (Fsp3) is 0.429. The fourth-order valence-electron chi connectivity index (χ4n) is 3.49. The van der Waals surface area contributed by atoms with Crippen molar-refractivity contribution in [2.75, 3.05) is 37.6 Å². The van der Waals surface area contributed by atoms with E-state index in [-0.39, 0.29) is 0 Å². The lowest BCUT2D eigenvalue weighted by Crippen LogP contribution is -2.46. The molecule has 1 N–H and O–H groups in total. The molecule has 6 heteroatoms. The van der Waals surface area contributed by atoms with Crippen molar-refractivity contribution in [2.45, 2.75) is 26.4 Å². The van der Waals surface area contributed by atoms with E-state index in [1.54, 1.807) is 0 Å². The third-order valence-electron chi connectivity index (χ3n) is 5.33. The molecule has 0 unspecified atom stereocenters. The van der Waals surface area contributed by atoms with Crippen LogP contribution < -0.4 is 10.2 Å². The maximum atomic E-state index is 4.70. The van der Waals surface area contributed by atoms with Gasteiger partial charge >= 0.3 is 0 Å². The molecule has 4 rings (SSSR count). The minimum atomic E-state index is 0.309. The number of hydrogen-bond acceptors (Lipinski definition) is 6. The second kappa shape index (κ2) is 8.33. The number of piperazine rings is 1. The Labute approximate surface area is 165 Å². The highest BCUT2D eigenvalue weighted by atomic mass is 32.1. The van der Waals surface area contributed by atoms with E-state index in [9.17, 15) is 0 Å². The zero-order valence-corrected chi connectivity index (χ0v) is 16.9. The second-order valence-corrected chi connectivity index (χ2v) is 8.23. The van der Waals surface area contributed by atoms with Crippen molar-refractivity contribution < 1.29 is 0 Å². The number of nitrogens with one attached hydrogen (secondary N) is 1. The Morgan fingerprint density at radius 2 is 2.00 bits per heavy atom. The minimum absolute atomic E-state index is 0.309. The van der Waals surface area contributed by atoms with Crippen LogP contribution in [0.5, 0.6) is 0 Å². The standard InChI is InChI=1S/C21H27N5S/c1-3-25-8-10-26(11-9-25)21-5-4-17(14-24-21)13-23-16(2)19-12-18-6-7-22-15-20(18)27-19/h4-7,12,14-16,23H,3,8-11,13H2,1-2H3/t16-/m0/s1. The maximum absolute atomic E-state index is 4.70. The van der Waals surface area contributed by atoms with Crippen LogP contribution in [-0.4, -0.2) is 47.6 Å². The fourth-order valence-corrected chi connectivity index (χ4v) is 4.55. The molecule has 0 spiro atoms. The van der Waals surface area contributed by atoms with Gasteiger partial charge in [-0.3, -0.25) is 4.98 Å². The molecule has 5 nitrogen and oxygen atoms in total. The normalized spacial score (nSPS) is 16.7. The van der Waals surface area contributed by atoms with Crippen LogP contribution >= 0.6 is 11.3 Å². The summed E-state index contributed by atoms with van der Waals surface area (Å²) < 4.78 is 1.25. The molecule has 0 bridgehead atoms. The molecule has 0 radical (unpaired) electrons. The van der Waals surface area contributed by atoms with Crippen molar-refractivity contribution in [3.8, 4) is 0 Å². The number of thiophene rings is 1. The minimum Gasteiger partial charge on any atom is -0.354 e. The van der Waals surface area contributed by atoms with Gasteiger partial charge in [-0.05, 0) is 42.6 Å². The number of nitrogens with zero attached hydrogens (tertiary/aromatic N) is 4. The average molecular weight is 382 g/mol. The number of hydrogen-bond donors (Lipinski definition) is 1.